The standard InChI is InChI=1S/C12H18N2/c1-2-3-4-12(13)6-5-11-7-9-14-10-8-11/h2,7-10,12H,1,3-6,13H2. The number of nitrogens with zero attached hydrogens (tertiary/aromatic N) is 1. The molecular formula is C12H18N2. The molecule has 2 N–H and O–H groups in total. The first-order chi connectivity index (χ1) is 6.83. The van der Waals surface area contributed by atoms with E-state index in [2.05, 4.69) is 11.6 Å². The average Bonchev–Trinajstić information content (AvgIpc) is 2.25. The Morgan fingerprint density at radius 3 is 2.71 bits per heavy atom. The summed E-state index contributed by atoms with van der Waals surface area (Å²) in [6.45, 7) is 3.69. The van der Waals surface area contributed by atoms with Crippen LogP contribution in [0.3, 0.4) is 0 Å². The van der Waals surface area contributed by atoms with E-state index in [1.54, 1.807) is 0 Å². The van der Waals surface area contributed by atoms with E-state index in [1.807, 2.05) is 30.6 Å². The van der Waals surface area contributed by atoms with Crippen molar-refractivity contribution in [2.45, 2.75) is 31.7 Å². The van der Waals surface area contributed by atoms with Gasteiger partial charge in [0.1, 0.15) is 0 Å². The van der Waals surface area contributed by atoms with Crippen LogP contribution in [0, 0.1) is 0 Å². The van der Waals surface area contributed by atoms with E-state index in [-0.39, 0.29) is 0 Å². The van der Waals surface area contributed by atoms with Crippen LogP contribution in [0.5, 0.6) is 0 Å². The molecule has 0 spiro atoms. The van der Waals surface area contributed by atoms with Crippen molar-refractivity contribution < 1.29 is 0 Å². The lowest BCUT2D eigenvalue weighted by Crippen LogP contribution is -2.20. The third-order valence-corrected chi connectivity index (χ3v) is 2.29. The van der Waals surface area contributed by atoms with Gasteiger partial charge in [-0.05, 0) is 43.4 Å². The van der Waals surface area contributed by atoms with Crippen molar-refractivity contribution in [1.82, 2.24) is 4.98 Å². The first-order valence-corrected chi connectivity index (χ1v) is 5.08. The summed E-state index contributed by atoms with van der Waals surface area (Å²) >= 11 is 0. The molecule has 1 unspecified atom stereocenters. The van der Waals surface area contributed by atoms with Crippen molar-refractivity contribution in [1.29, 1.82) is 0 Å². The van der Waals surface area contributed by atoms with Gasteiger partial charge >= 0.3 is 0 Å². The van der Waals surface area contributed by atoms with Crippen molar-refractivity contribution >= 4 is 0 Å². The molecule has 14 heavy (non-hydrogen) atoms. The van der Waals surface area contributed by atoms with Crippen LogP contribution in [0.4, 0.5) is 0 Å². The molecule has 2 nitrogen and oxygen atoms in total. The summed E-state index contributed by atoms with van der Waals surface area (Å²) in [5, 5.41) is 0. The van der Waals surface area contributed by atoms with Crippen LogP contribution in [0.1, 0.15) is 24.8 Å². The zero-order chi connectivity index (χ0) is 10.2. The molecule has 76 valence electrons. The molecule has 0 amide bonds. The first kappa shape index (κ1) is 10.9. The Hall–Kier alpha value is -1.15. The zero-order valence-electron chi connectivity index (χ0n) is 8.52. The Balaban J connectivity index is 2.23. The maximum absolute atomic E-state index is 5.94. The molecule has 0 aliphatic carbocycles. The number of nitrogens with two attached hydrogens (primary N) is 1. The lowest BCUT2D eigenvalue weighted by molar-refractivity contribution is 0.574. The molecule has 2 heteroatoms. The van der Waals surface area contributed by atoms with Gasteiger partial charge in [0.05, 0.1) is 0 Å². The maximum atomic E-state index is 5.94. The van der Waals surface area contributed by atoms with Crippen LogP contribution in [-0.2, 0) is 6.42 Å². The highest BCUT2D eigenvalue weighted by Gasteiger charge is 2.01. The highest BCUT2D eigenvalue weighted by molar-refractivity contribution is 5.09. The van der Waals surface area contributed by atoms with E-state index in [4.69, 9.17) is 5.73 Å². The van der Waals surface area contributed by atoms with Crippen LogP contribution in [0.15, 0.2) is 37.2 Å². The topological polar surface area (TPSA) is 38.9 Å². The lowest BCUT2D eigenvalue weighted by atomic mass is 10.0. The van der Waals surface area contributed by atoms with Gasteiger partial charge in [-0.2, -0.15) is 0 Å². The van der Waals surface area contributed by atoms with Crippen LogP contribution in [0.25, 0.3) is 0 Å². The summed E-state index contributed by atoms with van der Waals surface area (Å²) in [4.78, 5) is 3.98. The SMILES string of the molecule is C=CCCC(N)CCc1ccncc1. The predicted octanol–water partition coefficient (Wildman–Crippen LogP) is 2.31. The summed E-state index contributed by atoms with van der Waals surface area (Å²) in [5.41, 5.74) is 7.26. The van der Waals surface area contributed by atoms with Gasteiger partial charge in [-0.1, -0.05) is 6.08 Å². The molecule has 0 bridgehead atoms. The van der Waals surface area contributed by atoms with Gasteiger partial charge in [0.15, 0.2) is 0 Å². The van der Waals surface area contributed by atoms with Gasteiger partial charge in [-0.15, -0.1) is 6.58 Å². The molecule has 0 saturated heterocycles. The predicted molar refractivity (Wildman–Crippen MR) is 60.0 cm³/mol. The van der Waals surface area contributed by atoms with Gasteiger partial charge < -0.3 is 5.73 Å². The van der Waals surface area contributed by atoms with Gasteiger partial charge in [0, 0.05) is 18.4 Å². The number of allylic oxidation sites excluding steroid dienone is 1. The van der Waals surface area contributed by atoms with Gasteiger partial charge in [-0.25, -0.2) is 0 Å². The number of hydrogen-bond acceptors (Lipinski definition) is 2. The number of aromatic nitrogens is 1. The third-order valence-electron chi connectivity index (χ3n) is 2.29. The summed E-state index contributed by atoms with van der Waals surface area (Å²) in [7, 11) is 0. The number of rotatable bonds is 6. The lowest BCUT2D eigenvalue weighted by Gasteiger charge is -2.09. The fraction of sp³-hybridized carbons (Fsp3) is 0.417. The fourth-order valence-electron chi connectivity index (χ4n) is 1.38. The molecule has 1 heterocycles. The zero-order valence-corrected chi connectivity index (χ0v) is 8.52. The van der Waals surface area contributed by atoms with Gasteiger partial charge in [0.2, 0.25) is 0 Å². The molecule has 0 radical (unpaired) electrons. The van der Waals surface area contributed by atoms with Crippen LogP contribution < -0.4 is 5.73 Å². The van der Waals surface area contributed by atoms with E-state index in [9.17, 15) is 0 Å². The first-order valence-electron chi connectivity index (χ1n) is 5.08. The van der Waals surface area contributed by atoms with Crippen LogP contribution in [-0.4, -0.2) is 11.0 Å². The molecule has 1 aromatic rings. The minimum atomic E-state index is 0.293. The third kappa shape index (κ3) is 4.19. The summed E-state index contributed by atoms with van der Waals surface area (Å²) in [5.74, 6) is 0. The van der Waals surface area contributed by atoms with E-state index >= 15 is 0 Å². The molecule has 0 aliphatic heterocycles. The van der Waals surface area contributed by atoms with E-state index < -0.39 is 0 Å². The second-order valence-corrected chi connectivity index (χ2v) is 3.52. The molecular weight excluding hydrogens is 172 g/mol. The van der Waals surface area contributed by atoms with Gasteiger partial charge in [-0.3, -0.25) is 4.98 Å². The van der Waals surface area contributed by atoms with Crippen LogP contribution in [0.2, 0.25) is 0 Å². The van der Waals surface area contributed by atoms with E-state index in [1.165, 1.54) is 5.56 Å². The largest absolute Gasteiger partial charge is 0.328 e. The Labute approximate surface area is 85.9 Å². The van der Waals surface area contributed by atoms with Crippen molar-refractivity contribution in [3.8, 4) is 0 Å². The molecule has 0 aliphatic rings. The number of aryl methyl sites for hydroxylation is 1. The summed E-state index contributed by atoms with van der Waals surface area (Å²) in [6.07, 6.45) is 9.70. The van der Waals surface area contributed by atoms with Crippen molar-refractivity contribution in [3.05, 3.63) is 42.7 Å². The minimum Gasteiger partial charge on any atom is -0.328 e. The Morgan fingerprint density at radius 1 is 1.36 bits per heavy atom. The van der Waals surface area contributed by atoms with E-state index in [0.29, 0.717) is 6.04 Å². The smallest absolute Gasteiger partial charge is 0.0270 e. The van der Waals surface area contributed by atoms with Gasteiger partial charge in [0.25, 0.3) is 0 Å². The Kier molecular flexibility index (Phi) is 4.94. The minimum absolute atomic E-state index is 0.293. The monoisotopic (exact) mass is 190 g/mol. The average molecular weight is 190 g/mol. The highest BCUT2D eigenvalue weighted by atomic mass is 14.6. The van der Waals surface area contributed by atoms with Crippen molar-refractivity contribution in [2.24, 2.45) is 5.73 Å². The molecule has 1 rings (SSSR count). The molecule has 1 atom stereocenters. The normalized spacial score (nSPS) is 12.4. The van der Waals surface area contributed by atoms with Crippen molar-refractivity contribution in [3.63, 3.8) is 0 Å². The highest BCUT2D eigenvalue weighted by Crippen LogP contribution is 2.06. The second-order valence-electron chi connectivity index (χ2n) is 3.52. The quantitative estimate of drug-likeness (QED) is 0.699. The summed E-state index contributed by atoms with van der Waals surface area (Å²) in [6, 6.07) is 4.38. The number of pyridine rings is 1. The maximum Gasteiger partial charge on any atom is 0.0270 e. The molecule has 0 fully saturated rings. The molecule has 0 aromatic carbocycles. The Morgan fingerprint density at radius 2 is 2.07 bits per heavy atom. The fourth-order valence-corrected chi connectivity index (χ4v) is 1.38. The van der Waals surface area contributed by atoms with Crippen molar-refractivity contribution in [2.75, 3.05) is 0 Å². The van der Waals surface area contributed by atoms with Crippen LogP contribution >= 0.6 is 0 Å². The number of hydrogen-bond donors (Lipinski definition) is 1. The molecule has 1 aromatic heterocycles. The Bertz CT molecular complexity index is 256. The summed E-state index contributed by atoms with van der Waals surface area (Å²) < 4.78 is 0. The van der Waals surface area contributed by atoms with E-state index in [0.717, 1.165) is 25.7 Å². The second kappa shape index (κ2) is 6.33. The molecule has 0 saturated carbocycles.